The normalized spacial score (nSPS) is 10.8. The van der Waals surface area contributed by atoms with Crippen molar-refractivity contribution in [1.82, 2.24) is 14.6 Å². The van der Waals surface area contributed by atoms with Gasteiger partial charge >= 0.3 is 5.82 Å². The monoisotopic (exact) mass is 337 g/mol. The SMILES string of the molecule is O=[N+]([O-])c1cnc2ccc(NCc3ccc(Cl)c(Cl)c3)nn12. The summed E-state index contributed by atoms with van der Waals surface area (Å²) in [6.07, 6.45) is 1.17. The van der Waals surface area contributed by atoms with E-state index in [9.17, 15) is 10.1 Å². The van der Waals surface area contributed by atoms with Gasteiger partial charge in [0, 0.05) is 12.6 Å². The molecule has 0 bridgehead atoms. The Labute approximate surface area is 134 Å². The summed E-state index contributed by atoms with van der Waals surface area (Å²) in [5.41, 5.74) is 1.32. The molecule has 0 aliphatic rings. The highest BCUT2D eigenvalue weighted by Crippen LogP contribution is 2.23. The van der Waals surface area contributed by atoms with Crippen molar-refractivity contribution in [2.75, 3.05) is 5.32 Å². The molecule has 0 unspecified atom stereocenters. The third-order valence-electron chi connectivity index (χ3n) is 2.99. The predicted octanol–water partition coefficient (Wildman–Crippen LogP) is 3.56. The molecule has 0 aliphatic carbocycles. The lowest BCUT2D eigenvalue weighted by molar-refractivity contribution is -0.391. The number of hydrogen-bond donors (Lipinski definition) is 1. The first kappa shape index (κ1) is 14.6. The summed E-state index contributed by atoms with van der Waals surface area (Å²) >= 11 is 11.8. The average Bonchev–Trinajstić information content (AvgIpc) is 2.91. The van der Waals surface area contributed by atoms with Gasteiger partial charge in [-0.1, -0.05) is 38.9 Å². The minimum Gasteiger partial charge on any atom is -0.363 e. The molecule has 3 rings (SSSR count). The standard InChI is InChI=1S/C13H9Cl2N5O2/c14-9-2-1-8(5-10(9)15)6-16-11-3-4-12-17-7-13(20(21)22)19(12)18-11/h1-5,7H,6H2,(H,16,18). The number of hydrogen-bond acceptors (Lipinski definition) is 5. The lowest BCUT2D eigenvalue weighted by Gasteiger charge is -2.05. The largest absolute Gasteiger partial charge is 0.368 e. The van der Waals surface area contributed by atoms with Gasteiger partial charge in [-0.05, 0) is 28.7 Å². The van der Waals surface area contributed by atoms with Gasteiger partial charge in [-0.3, -0.25) is 0 Å². The maximum absolute atomic E-state index is 10.9. The molecule has 3 aromatic rings. The van der Waals surface area contributed by atoms with E-state index in [1.165, 1.54) is 10.7 Å². The maximum Gasteiger partial charge on any atom is 0.368 e. The van der Waals surface area contributed by atoms with Crippen LogP contribution in [0.25, 0.3) is 5.65 Å². The molecular weight excluding hydrogens is 329 g/mol. The molecule has 9 heteroatoms. The van der Waals surface area contributed by atoms with E-state index in [-0.39, 0.29) is 5.82 Å². The Kier molecular flexibility index (Phi) is 3.82. The van der Waals surface area contributed by atoms with Gasteiger partial charge in [0.2, 0.25) is 5.65 Å². The van der Waals surface area contributed by atoms with Crippen molar-refractivity contribution < 1.29 is 4.92 Å². The molecule has 2 aromatic heterocycles. The summed E-state index contributed by atoms with van der Waals surface area (Å²) in [6.45, 7) is 0.456. The summed E-state index contributed by atoms with van der Waals surface area (Å²) in [5, 5.41) is 19.1. The van der Waals surface area contributed by atoms with Crippen molar-refractivity contribution in [2.45, 2.75) is 6.54 Å². The Hall–Kier alpha value is -2.38. The summed E-state index contributed by atoms with van der Waals surface area (Å²) < 4.78 is 1.18. The Balaban J connectivity index is 1.83. The number of benzene rings is 1. The number of nitrogens with one attached hydrogen (secondary N) is 1. The van der Waals surface area contributed by atoms with Crippen LogP contribution in [-0.2, 0) is 6.54 Å². The topological polar surface area (TPSA) is 85.4 Å². The van der Waals surface area contributed by atoms with Gasteiger partial charge in [0.15, 0.2) is 5.82 Å². The van der Waals surface area contributed by atoms with Gasteiger partial charge in [-0.25, -0.2) is 4.98 Å². The smallest absolute Gasteiger partial charge is 0.363 e. The molecule has 7 nitrogen and oxygen atoms in total. The van der Waals surface area contributed by atoms with E-state index in [4.69, 9.17) is 23.2 Å². The first-order valence-corrected chi connectivity index (χ1v) is 6.97. The Morgan fingerprint density at radius 1 is 1.23 bits per heavy atom. The van der Waals surface area contributed by atoms with E-state index in [0.29, 0.717) is 28.1 Å². The van der Waals surface area contributed by atoms with Crippen LogP contribution in [0.15, 0.2) is 36.5 Å². The zero-order valence-electron chi connectivity index (χ0n) is 11.0. The first-order valence-electron chi connectivity index (χ1n) is 6.21. The molecule has 0 saturated heterocycles. The van der Waals surface area contributed by atoms with Gasteiger partial charge in [0.05, 0.1) is 10.0 Å². The number of imidazole rings is 1. The third-order valence-corrected chi connectivity index (χ3v) is 3.73. The molecule has 0 spiro atoms. The minimum atomic E-state index is -0.532. The second kappa shape index (κ2) is 5.78. The number of nitro groups is 1. The Bertz CT molecular complexity index is 865. The second-order valence-corrected chi connectivity index (χ2v) is 5.28. The van der Waals surface area contributed by atoms with E-state index in [1.54, 1.807) is 24.3 Å². The van der Waals surface area contributed by atoms with Crippen molar-refractivity contribution in [3.63, 3.8) is 0 Å². The van der Waals surface area contributed by atoms with E-state index in [1.807, 2.05) is 6.07 Å². The van der Waals surface area contributed by atoms with Gasteiger partial charge in [0.1, 0.15) is 6.20 Å². The highest BCUT2D eigenvalue weighted by molar-refractivity contribution is 6.42. The van der Waals surface area contributed by atoms with Gasteiger partial charge in [-0.2, -0.15) is 0 Å². The highest BCUT2D eigenvalue weighted by atomic mass is 35.5. The molecule has 0 fully saturated rings. The van der Waals surface area contributed by atoms with Gasteiger partial charge < -0.3 is 15.4 Å². The number of fused-ring (bicyclic) bond motifs is 1. The molecule has 0 aliphatic heterocycles. The van der Waals surface area contributed by atoms with Crippen molar-refractivity contribution in [2.24, 2.45) is 0 Å². The predicted molar refractivity (Wildman–Crippen MR) is 83.4 cm³/mol. The summed E-state index contributed by atoms with van der Waals surface area (Å²) in [6, 6.07) is 8.63. The van der Waals surface area contributed by atoms with E-state index in [0.717, 1.165) is 5.56 Å². The fraction of sp³-hybridized carbons (Fsp3) is 0.0769. The van der Waals surface area contributed by atoms with Crippen LogP contribution in [0.3, 0.4) is 0 Å². The van der Waals surface area contributed by atoms with Gasteiger partial charge in [-0.15, -0.1) is 0 Å². The molecule has 112 valence electrons. The molecule has 0 saturated carbocycles. The fourth-order valence-corrected chi connectivity index (χ4v) is 2.24. The van der Waals surface area contributed by atoms with Crippen LogP contribution in [0.4, 0.5) is 11.6 Å². The molecule has 1 N–H and O–H groups in total. The van der Waals surface area contributed by atoms with Gasteiger partial charge in [0.25, 0.3) is 0 Å². The number of aromatic nitrogens is 3. The van der Waals surface area contributed by atoms with Crippen LogP contribution >= 0.6 is 23.2 Å². The van der Waals surface area contributed by atoms with Crippen LogP contribution in [0, 0.1) is 10.1 Å². The lowest BCUT2D eigenvalue weighted by Crippen LogP contribution is -2.05. The van der Waals surface area contributed by atoms with Crippen molar-refractivity contribution in [1.29, 1.82) is 0 Å². The van der Waals surface area contributed by atoms with Crippen LogP contribution in [0.2, 0.25) is 10.0 Å². The highest BCUT2D eigenvalue weighted by Gasteiger charge is 2.15. The summed E-state index contributed by atoms with van der Waals surface area (Å²) in [4.78, 5) is 14.3. The van der Waals surface area contributed by atoms with Crippen molar-refractivity contribution in [3.8, 4) is 0 Å². The zero-order valence-corrected chi connectivity index (χ0v) is 12.5. The quantitative estimate of drug-likeness (QED) is 0.581. The Morgan fingerprint density at radius 3 is 2.77 bits per heavy atom. The molecular formula is C13H9Cl2N5O2. The van der Waals surface area contributed by atoms with Crippen LogP contribution < -0.4 is 5.32 Å². The number of anilines is 1. The molecule has 2 heterocycles. The zero-order chi connectivity index (χ0) is 15.7. The van der Waals surface area contributed by atoms with Crippen molar-refractivity contribution in [3.05, 3.63) is 62.3 Å². The van der Waals surface area contributed by atoms with E-state index < -0.39 is 4.92 Å². The first-order chi connectivity index (χ1) is 10.5. The maximum atomic E-state index is 10.9. The molecule has 22 heavy (non-hydrogen) atoms. The second-order valence-electron chi connectivity index (χ2n) is 4.46. The average molecular weight is 338 g/mol. The van der Waals surface area contributed by atoms with E-state index >= 15 is 0 Å². The Morgan fingerprint density at radius 2 is 2.05 bits per heavy atom. The number of rotatable bonds is 4. The lowest BCUT2D eigenvalue weighted by atomic mass is 10.2. The van der Waals surface area contributed by atoms with Crippen LogP contribution in [0.1, 0.15) is 5.56 Å². The minimum absolute atomic E-state index is 0.187. The summed E-state index contributed by atoms with van der Waals surface area (Å²) in [5.74, 6) is 0.299. The number of halogens is 2. The van der Waals surface area contributed by atoms with E-state index in [2.05, 4.69) is 15.4 Å². The summed E-state index contributed by atoms with van der Waals surface area (Å²) in [7, 11) is 0. The van der Waals surface area contributed by atoms with Crippen molar-refractivity contribution >= 4 is 40.5 Å². The number of nitrogens with zero attached hydrogens (tertiary/aromatic N) is 4. The molecule has 0 radical (unpaired) electrons. The molecule has 0 amide bonds. The third kappa shape index (κ3) is 2.81. The molecule has 1 aromatic carbocycles. The van der Waals surface area contributed by atoms with Crippen LogP contribution in [-0.4, -0.2) is 19.5 Å². The molecule has 0 atom stereocenters. The fourth-order valence-electron chi connectivity index (χ4n) is 1.92. The van der Waals surface area contributed by atoms with Crippen LogP contribution in [0.5, 0.6) is 0 Å².